The van der Waals surface area contributed by atoms with Crippen molar-refractivity contribution in [2.45, 2.75) is 58.5 Å². The average molecular weight is 718 g/mol. The number of carbonyl (C=O) groups excluding carboxylic acids is 5. The molecule has 2 aliphatic rings. The monoisotopic (exact) mass is 717 g/mol. The topological polar surface area (TPSA) is 146 Å². The summed E-state index contributed by atoms with van der Waals surface area (Å²) in [6.07, 6.45) is -1.53. The molecule has 0 unspecified atom stereocenters. The van der Waals surface area contributed by atoms with Gasteiger partial charge in [-0.1, -0.05) is 117 Å². The molecule has 12 heteroatoms. The molecule has 0 saturated heterocycles. The normalized spacial score (nSPS) is 14.3. The van der Waals surface area contributed by atoms with Crippen LogP contribution in [0.2, 0.25) is 0 Å². The first-order valence-electron chi connectivity index (χ1n) is 17.7. The summed E-state index contributed by atoms with van der Waals surface area (Å²) in [7, 11) is 0. The van der Waals surface area contributed by atoms with Gasteiger partial charge in [-0.2, -0.15) is 0 Å². The predicted molar refractivity (Wildman–Crippen MR) is 197 cm³/mol. The van der Waals surface area contributed by atoms with E-state index in [9.17, 15) is 24.0 Å². The number of nitrogens with zero attached hydrogens (tertiary/aromatic N) is 2. The zero-order valence-electron chi connectivity index (χ0n) is 29.9. The lowest BCUT2D eigenvalue weighted by atomic mass is 9.98. The van der Waals surface area contributed by atoms with E-state index < -0.39 is 48.5 Å². The zero-order valence-corrected chi connectivity index (χ0v) is 29.9. The van der Waals surface area contributed by atoms with Crippen molar-refractivity contribution in [3.63, 3.8) is 0 Å². The molecule has 1 heterocycles. The molecule has 0 aromatic heterocycles. The van der Waals surface area contributed by atoms with Crippen LogP contribution in [0.15, 0.2) is 103 Å². The van der Waals surface area contributed by atoms with Gasteiger partial charge in [-0.15, -0.1) is 0 Å². The van der Waals surface area contributed by atoms with Gasteiger partial charge >= 0.3 is 12.2 Å². The van der Waals surface area contributed by atoms with E-state index in [-0.39, 0.29) is 38.1 Å². The molecule has 3 N–H and O–H groups in total. The fourth-order valence-electron chi connectivity index (χ4n) is 6.67. The molecule has 4 aromatic rings. The van der Waals surface area contributed by atoms with Gasteiger partial charge in [0.1, 0.15) is 25.3 Å². The highest BCUT2D eigenvalue weighted by Crippen LogP contribution is 2.44. The lowest BCUT2D eigenvalue weighted by Gasteiger charge is -2.40. The minimum atomic E-state index is -1.04. The van der Waals surface area contributed by atoms with Crippen molar-refractivity contribution in [2.24, 2.45) is 5.92 Å². The standard InChI is InChI=1S/C41H43N5O7/c1-26(2)37(44-41(51)52-24-28-13-5-4-6-14-28)38(48)42-21-36(47)45-22-29-15-7-8-16-30(29)23-46(45)39(49)27(3)43-40(50)53-25-35-33-19-11-9-17-31(33)32-18-10-12-20-34(32)35/h4-20,26-27,35,37H,21-25H2,1-3H3,(H,42,48)(H,43,50)(H,44,51)/t27-,37-/m0/s1. The molecule has 0 fully saturated rings. The highest BCUT2D eigenvalue weighted by atomic mass is 16.6. The van der Waals surface area contributed by atoms with E-state index in [1.807, 2.05) is 103 Å². The zero-order chi connectivity index (χ0) is 37.5. The molecule has 4 aromatic carbocycles. The Balaban J connectivity index is 1.06. The predicted octanol–water partition coefficient (Wildman–Crippen LogP) is 5.27. The van der Waals surface area contributed by atoms with E-state index in [0.717, 1.165) is 38.9 Å². The Kier molecular flexibility index (Phi) is 11.4. The summed E-state index contributed by atoms with van der Waals surface area (Å²) in [5.74, 6) is -2.13. The first-order valence-corrected chi connectivity index (χ1v) is 17.7. The first kappa shape index (κ1) is 36.6. The van der Waals surface area contributed by atoms with Crippen LogP contribution in [0.4, 0.5) is 9.59 Å². The smallest absolute Gasteiger partial charge is 0.408 e. The molecule has 0 spiro atoms. The first-order chi connectivity index (χ1) is 25.6. The third-order valence-electron chi connectivity index (χ3n) is 9.49. The fourth-order valence-corrected chi connectivity index (χ4v) is 6.67. The Bertz CT molecular complexity index is 1940. The summed E-state index contributed by atoms with van der Waals surface area (Å²) < 4.78 is 10.9. The van der Waals surface area contributed by atoms with Crippen LogP contribution < -0.4 is 16.0 Å². The molecule has 274 valence electrons. The number of rotatable bonds is 11. The van der Waals surface area contributed by atoms with Gasteiger partial charge in [0.15, 0.2) is 0 Å². The molecule has 2 atom stereocenters. The van der Waals surface area contributed by atoms with E-state index in [2.05, 4.69) is 16.0 Å². The molecular weight excluding hydrogens is 674 g/mol. The summed E-state index contributed by atoms with van der Waals surface area (Å²) in [6, 6.07) is 30.6. The molecule has 1 aliphatic heterocycles. The quantitative estimate of drug-likeness (QED) is 0.192. The number of benzene rings is 4. The highest BCUT2D eigenvalue weighted by molar-refractivity contribution is 5.92. The van der Waals surface area contributed by atoms with Crippen molar-refractivity contribution >= 4 is 29.9 Å². The summed E-state index contributed by atoms with van der Waals surface area (Å²) >= 11 is 0. The van der Waals surface area contributed by atoms with Crippen molar-refractivity contribution in [3.05, 3.63) is 131 Å². The van der Waals surface area contributed by atoms with Crippen LogP contribution in [-0.2, 0) is 43.6 Å². The second-order valence-corrected chi connectivity index (χ2v) is 13.5. The number of amides is 5. The molecule has 5 amide bonds. The van der Waals surface area contributed by atoms with Crippen LogP contribution in [0, 0.1) is 5.92 Å². The number of hydrogen-bond donors (Lipinski definition) is 3. The largest absolute Gasteiger partial charge is 0.449 e. The number of ether oxygens (including phenoxy) is 2. The summed E-state index contributed by atoms with van der Waals surface area (Å²) in [5, 5.41) is 10.4. The Morgan fingerprint density at radius 1 is 0.679 bits per heavy atom. The molecule has 0 bridgehead atoms. The number of alkyl carbamates (subject to hydrolysis) is 2. The van der Waals surface area contributed by atoms with Gasteiger partial charge in [-0.05, 0) is 51.8 Å². The fraction of sp³-hybridized carbons (Fsp3) is 0.293. The van der Waals surface area contributed by atoms with Crippen LogP contribution >= 0.6 is 0 Å². The van der Waals surface area contributed by atoms with Crippen LogP contribution in [0.25, 0.3) is 11.1 Å². The lowest BCUT2D eigenvalue weighted by Crippen LogP contribution is -2.59. The maximum absolute atomic E-state index is 13.9. The van der Waals surface area contributed by atoms with Crippen LogP contribution in [0.1, 0.15) is 54.5 Å². The van der Waals surface area contributed by atoms with Gasteiger partial charge in [0.25, 0.3) is 11.8 Å². The van der Waals surface area contributed by atoms with E-state index in [4.69, 9.17) is 9.47 Å². The van der Waals surface area contributed by atoms with Gasteiger partial charge < -0.3 is 25.4 Å². The van der Waals surface area contributed by atoms with E-state index in [1.54, 1.807) is 13.8 Å². The summed E-state index contributed by atoms with van der Waals surface area (Å²) in [6.45, 7) is 4.88. The van der Waals surface area contributed by atoms with E-state index in [0.29, 0.717) is 0 Å². The third kappa shape index (κ3) is 8.49. The minimum absolute atomic E-state index is 0.0342. The van der Waals surface area contributed by atoms with E-state index in [1.165, 1.54) is 16.9 Å². The molecule has 12 nitrogen and oxygen atoms in total. The van der Waals surface area contributed by atoms with Gasteiger partial charge in [-0.25, -0.2) is 19.6 Å². The number of hydrazine groups is 1. The summed E-state index contributed by atoms with van der Waals surface area (Å²) in [5.41, 5.74) is 6.82. The average Bonchev–Trinajstić information content (AvgIpc) is 3.50. The van der Waals surface area contributed by atoms with E-state index >= 15 is 0 Å². The SMILES string of the molecule is CC(C)[C@H](NC(=O)OCc1ccccc1)C(=O)NCC(=O)N1Cc2ccccc2CN1C(=O)[C@H](C)NC(=O)OCC1c2ccccc2-c2ccccc21. The van der Waals surface area contributed by atoms with Crippen molar-refractivity contribution in [2.75, 3.05) is 13.2 Å². The van der Waals surface area contributed by atoms with Gasteiger partial charge in [0, 0.05) is 5.92 Å². The van der Waals surface area contributed by atoms with Gasteiger partial charge in [-0.3, -0.25) is 14.4 Å². The molecule has 1 aliphatic carbocycles. The lowest BCUT2D eigenvalue weighted by molar-refractivity contribution is -0.169. The maximum atomic E-state index is 13.9. The van der Waals surface area contributed by atoms with Crippen LogP contribution in [0.3, 0.4) is 0 Å². The van der Waals surface area contributed by atoms with Crippen molar-refractivity contribution in [3.8, 4) is 11.1 Å². The third-order valence-corrected chi connectivity index (χ3v) is 9.49. The highest BCUT2D eigenvalue weighted by Gasteiger charge is 2.36. The number of hydrogen-bond acceptors (Lipinski definition) is 7. The van der Waals surface area contributed by atoms with Crippen molar-refractivity contribution in [1.29, 1.82) is 0 Å². The number of fused-ring (bicyclic) bond motifs is 4. The Labute approximate surface area is 308 Å². The summed E-state index contributed by atoms with van der Waals surface area (Å²) in [4.78, 5) is 66.4. The van der Waals surface area contributed by atoms with Gasteiger partial charge in [0.2, 0.25) is 5.91 Å². The van der Waals surface area contributed by atoms with Crippen LogP contribution in [0.5, 0.6) is 0 Å². The number of nitrogens with one attached hydrogen (secondary N) is 3. The molecule has 6 rings (SSSR count). The number of carbonyl (C=O) groups is 5. The molecule has 53 heavy (non-hydrogen) atoms. The van der Waals surface area contributed by atoms with Crippen LogP contribution in [-0.4, -0.2) is 65.2 Å². The maximum Gasteiger partial charge on any atom is 0.408 e. The van der Waals surface area contributed by atoms with Crippen molar-refractivity contribution < 1.29 is 33.4 Å². The Hall–Kier alpha value is -6.17. The second kappa shape index (κ2) is 16.4. The Morgan fingerprint density at radius 3 is 1.85 bits per heavy atom. The molecular formula is C41H43N5O7. The molecule has 0 radical (unpaired) electrons. The Morgan fingerprint density at radius 2 is 1.23 bits per heavy atom. The molecule has 0 saturated carbocycles. The minimum Gasteiger partial charge on any atom is -0.449 e. The van der Waals surface area contributed by atoms with Crippen molar-refractivity contribution in [1.82, 2.24) is 26.0 Å². The second-order valence-electron chi connectivity index (χ2n) is 13.5. The van der Waals surface area contributed by atoms with Gasteiger partial charge in [0.05, 0.1) is 19.6 Å².